The molecule has 5 nitrogen and oxygen atoms in total. The lowest BCUT2D eigenvalue weighted by atomic mass is 9.88. The largest absolute Gasteiger partial charge is 0.339 e. The van der Waals surface area contributed by atoms with Gasteiger partial charge in [0.1, 0.15) is 0 Å². The highest BCUT2D eigenvalue weighted by atomic mass is 16.5. The number of likely N-dealkylation sites (tertiary alicyclic amines) is 1. The van der Waals surface area contributed by atoms with Crippen LogP contribution < -0.4 is 5.32 Å². The number of aromatic nitrogens is 2. The van der Waals surface area contributed by atoms with Crippen LogP contribution in [0.25, 0.3) is 0 Å². The Hall–Kier alpha value is -0.940. The summed E-state index contributed by atoms with van der Waals surface area (Å²) >= 11 is 0. The molecule has 3 rings (SSSR count). The molecule has 0 aliphatic carbocycles. The molecule has 2 fully saturated rings. The molecule has 2 aliphatic rings. The van der Waals surface area contributed by atoms with E-state index in [0.29, 0.717) is 5.92 Å². The summed E-state index contributed by atoms with van der Waals surface area (Å²) in [5.74, 6) is 2.77. The van der Waals surface area contributed by atoms with Crippen LogP contribution in [0.15, 0.2) is 4.52 Å². The van der Waals surface area contributed by atoms with Gasteiger partial charge in [0.05, 0.1) is 6.54 Å². The van der Waals surface area contributed by atoms with Crippen LogP contribution >= 0.6 is 0 Å². The summed E-state index contributed by atoms with van der Waals surface area (Å²) in [6.45, 7) is 8.53. The molecule has 1 N–H and O–H groups in total. The van der Waals surface area contributed by atoms with Gasteiger partial charge in [-0.25, -0.2) is 0 Å². The summed E-state index contributed by atoms with van der Waals surface area (Å²) in [5.41, 5.74) is 0. The molecule has 20 heavy (non-hydrogen) atoms. The van der Waals surface area contributed by atoms with Crippen LogP contribution in [0.4, 0.5) is 0 Å². The molecule has 0 spiro atoms. The standard InChI is InChI=1S/C15H26N4O/c1-11(2)15-17-14(18-20-15)10-19-8-5-12(6-9-19)13-4-3-7-16-13/h11-13,16H,3-10H2,1-2H3. The van der Waals surface area contributed by atoms with Crippen molar-refractivity contribution in [2.75, 3.05) is 19.6 Å². The van der Waals surface area contributed by atoms with E-state index in [1.54, 1.807) is 0 Å². The maximum atomic E-state index is 5.27. The monoisotopic (exact) mass is 278 g/mol. The second kappa shape index (κ2) is 6.22. The zero-order valence-electron chi connectivity index (χ0n) is 12.6. The van der Waals surface area contributed by atoms with E-state index < -0.39 is 0 Å². The zero-order valence-corrected chi connectivity index (χ0v) is 12.6. The van der Waals surface area contributed by atoms with E-state index >= 15 is 0 Å². The molecule has 1 atom stereocenters. The van der Waals surface area contributed by atoms with Crippen molar-refractivity contribution in [2.24, 2.45) is 5.92 Å². The minimum Gasteiger partial charge on any atom is -0.339 e. The molecule has 1 aromatic heterocycles. The topological polar surface area (TPSA) is 54.2 Å². The summed E-state index contributed by atoms with van der Waals surface area (Å²) in [4.78, 5) is 6.93. The molecule has 1 unspecified atom stereocenters. The smallest absolute Gasteiger partial charge is 0.229 e. The first-order valence-corrected chi connectivity index (χ1v) is 8.00. The average Bonchev–Trinajstić information content (AvgIpc) is 3.10. The number of hydrogen-bond donors (Lipinski definition) is 1. The number of nitrogens with one attached hydrogen (secondary N) is 1. The summed E-state index contributed by atoms with van der Waals surface area (Å²) < 4.78 is 5.27. The highest BCUT2D eigenvalue weighted by Gasteiger charge is 2.28. The quantitative estimate of drug-likeness (QED) is 0.914. The molecule has 0 saturated carbocycles. The van der Waals surface area contributed by atoms with Gasteiger partial charge in [-0.1, -0.05) is 19.0 Å². The molecular weight excluding hydrogens is 252 g/mol. The molecule has 2 aliphatic heterocycles. The van der Waals surface area contributed by atoms with Gasteiger partial charge in [-0.05, 0) is 51.2 Å². The molecular formula is C15H26N4O. The van der Waals surface area contributed by atoms with E-state index in [1.807, 2.05) is 0 Å². The number of hydrogen-bond acceptors (Lipinski definition) is 5. The summed E-state index contributed by atoms with van der Waals surface area (Å²) in [6, 6.07) is 0.773. The minimum absolute atomic E-state index is 0.315. The Kier molecular flexibility index (Phi) is 4.36. The van der Waals surface area contributed by atoms with Crippen LogP contribution in [0, 0.1) is 5.92 Å². The average molecular weight is 278 g/mol. The molecule has 0 bridgehead atoms. The molecule has 0 amide bonds. The molecule has 5 heteroatoms. The van der Waals surface area contributed by atoms with Crippen molar-refractivity contribution in [1.29, 1.82) is 0 Å². The van der Waals surface area contributed by atoms with Gasteiger partial charge >= 0.3 is 0 Å². The first-order chi connectivity index (χ1) is 9.72. The summed E-state index contributed by atoms with van der Waals surface area (Å²) in [7, 11) is 0. The Balaban J connectivity index is 1.48. The number of nitrogens with zero attached hydrogens (tertiary/aromatic N) is 3. The first kappa shape index (κ1) is 14.0. The fraction of sp³-hybridized carbons (Fsp3) is 0.867. The molecule has 1 aromatic rings. The van der Waals surface area contributed by atoms with Crippen LogP contribution in [-0.4, -0.2) is 40.7 Å². The second-order valence-electron chi connectivity index (χ2n) is 6.52. The molecule has 112 valence electrons. The van der Waals surface area contributed by atoms with Crippen molar-refractivity contribution < 1.29 is 4.52 Å². The second-order valence-corrected chi connectivity index (χ2v) is 6.52. The third-order valence-electron chi connectivity index (χ3n) is 4.64. The Morgan fingerprint density at radius 3 is 2.70 bits per heavy atom. The molecule has 2 saturated heterocycles. The Morgan fingerprint density at radius 2 is 2.10 bits per heavy atom. The van der Waals surface area contributed by atoms with Gasteiger partial charge in [0.25, 0.3) is 0 Å². The SMILES string of the molecule is CC(C)c1nc(CN2CCC(C3CCCN3)CC2)no1. The van der Waals surface area contributed by atoms with Crippen LogP contribution in [0.5, 0.6) is 0 Å². The van der Waals surface area contributed by atoms with Crippen LogP contribution in [0.1, 0.15) is 57.2 Å². The van der Waals surface area contributed by atoms with E-state index in [9.17, 15) is 0 Å². The Morgan fingerprint density at radius 1 is 1.30 bits per heavy atom. The van der Waals surface area contributed by atoms with E-state index in [2.05, 4.69) is 34.2 Å². The Labute approximate surface area is 121 Å². The van der Waals surface area contributed by atoms with Crippen LogP contribution in [0.2, 0.25) is 0 Å². The Bertz CT molecular complexity index is 417. The van der Waals surface area contributed by atoms with Gasteiger partial charge in [0.15, 0.2) is 5.82 Å². The fourth-order valence-electron chi connectivity index (χ4n) is 3.39. The number of piperidine rings is 1. The van der Waals surface area contributed by atoms with Crippen LogP contribution in [0.3, 0.4) is 0 Å². The van der Waals surface area contributed by atoms with Gasteiger partial charge in [-0.3, -0.25) is 4.90 Å². The third kappa shape index (κ3) is 3.20. The molecule has 0 radical (unpaired) electrons. The van der Waals surface area contributed by atoms with Gasteiger partial charge < -0.3 is 9.84 Å². The first-order valence-electron chi connectivity index (χ1n) is 8.00. The van der Waals surface area contributed by atoms with Crippen molar-refractivity contribution >= 4 is 0 Å². The third-order valence-corrected chi connectivity index (χ3v) is 4.64. The van der Waals surface area contributed by atoms with Gasteiger partial charge in [-0.2, -0.15) is 4.98 Å². The van der Waals surface area contributed by atoms with Crippen LogP contribution in [-0.2, 0) is 6.54 Å². The minimum atomic E-state index is 0.315. The highest BCUT2D eigenvalue weighted by molar-refractivity contribution is 4.92. The maximum Gasteiger partial charge on any atom is 0.229 e. The predicted molar refractivity (Wildman–Crippen MR) is 77.4 cm³/mol. The summed E-state index contributed by atoms with van der Waals surface area (Å²) in [5, 5.41) is 7.74. The predicted octanol–water partition coefficient (Wildman–Crippen LogP) is 2.16. The van der Waals surface area contributed by atoms with E-state index in [4.69, 9.17) is 4.52 Å². The zero-order chi connectivity index (χ0) is 13.9. The molecule has 0 aromatic carbocycles. The van der Waals surface area contributed by atoms with E-state index in [0.717, 1.165) is 43.3 Å². The van der Waals surface area contributed by atoms with Crippen molar-refractivity contribution in [3.63, 3.8) is 0 Å². The van der Waals surface area contributed by atoms with Crippen molar-refractivity contribution in [3.05, 3.63) is 11.7 Å². The molecule has 3 heterocycles. The van der Waals surface area contributed by atoms with Crippen molar-refractivity contribution in [3.8, 4) is 0 Å². The van der Waals surface area contributed by atoms with Crippen molar-refractivity contribution in [2.45, 2.75) is 58.0 Å². The van der Waals surface area contributed by atoms with Gasteiger partial charge in [-0.15, -0.1) is 0 Å². The normalized spacial score (nSPS) is 25.6. The van der Waals surface area contributed by atoms with E-state index in [-0.39, 0.29) is 0 Å². The highest BCUT2D eigenvalue weighted by Crippen LogP contribution is 2.26. The maximum absolute atomic E-state index is 5.27. The lowest BCUT2D eigenvalue weighted by Crippen LogP contribution is -2.40. The number of rotatable bonds is 4. The summed E-state index contributed by atoms with van der Waals surface area (Å²) in [6.07, 6.45) is 5.32. The van der Waals surface area contributed by atoms with E-state index in [1.165, 1.54) is 32.2 Å². The lowest BCUT2D eigenvalue weighted by molar-refractivity contribution is 0.153. The lowest BCUT2D eigenvalue weighted by Gasteiger charge is -2.34. The van der Waals surface area contributed by atoms with Gasteiger partial charge in [0.2, 0.25) is 5.89 Å². The van der Waals surface area contributed by atoms with Gasteiger partial charge in [0, 0.05) is 12.0 Å². The van der Waals surface area contributed by atoms with Crippen molar-refractivity contribution in [1.82, 2.24) is 20.4 Å². The fourth-order valence-corrected chi connectivity index (χ4v) is 3.39.